The van der Waals surface area contributed by atoms with Crippen molar-refractivity contribution >= 4 is 0 Å². The van der Waals surface area contributed by atoms with Crippen LogP contribution in [-0.2, 0) is 4.74 Å². The summed E-state index contributed by atoms with van der Waals surface area (Å²) in [6.45, 7) is 3.14. The third-order valence-corrected chi connectivity index (χ3v) is 2.07. The van der Waals surface area contributed by atoms with Gasteiger partial charge in [0.05, 0.1) is 13.2 Å². The smallest absolute Gasteiger partial charge is 0.118 e. The first-order valence-corrected chi connectivity index (χ1v) is 4.77. The van der Waals surface area contributed by atoms with Gasteiger partial charge in [-0.15, -0.1) is 0 Å². The summed E-state index contributed by atoms with van der Waals surface area (Å²) < 4.78 is 10.6. The van der Waals surface area contributed by atoms with Crippen molar-refractivity contribution in [1.29, 1.82) is 0 Å². The number of rotatable bonds is 5. The second-order valence-electron chi connectivity index (χ2n) is 2.95. The van der Waals surface area contributed by atoms with Crippen LogP contribution < -0.4 is 10.5 Å². The Labute approximate surface area is 84.8 Å². The lowest BCUT2D eigenvalue weighted by atomic mass is 10.1. The van der Waals surface area contributed by atoms with Gasteiger partial charge in [0, 0.05) is 13.2 Å². The van der Waals surface area contributed by atoms with Gasteiger partial charge in [0.2, 0.25) is 0 Å². The van der Waals surface area contributed by atoms with Crippen LogP contribution in [0.25, 0.3) is 0 Å². The zero-order chi connectivity index (χ0) is 10.4. The van der Waals surface area contributed by atoms with Gasteiger partial charge in [-0.05, 0) is 24.6 Å². The molecule has 2 N–H and O–H groups in total. The summed E-state index contributed by atoms with van der Waals surface area (Å²) in [5, 5.41) is 0. The maximum atomic E-state index is 5.61. The Hall–Kier alpha value is -1.06. The van der Waals surface area contributed by atoms with Gasteiger partial charge in [-0.2, -0.15) is 0 Å². The van der Waals surface area contributed by atoms with Crippen molar-refractivity contribution in [3.63, 3.8) is 0 Å². The van der Waals surface area contributed by atoms with E-state index in [0.29, 0.717) is 13.2 Å². The summed E-state index contributed by atoms with van der Waals surface area (Å²) in [7, 11) is 1.65. The molecule has 0 aliphatic heterocycles. The van der Waals surface area contributed by atoms with E-state index in [1.165, 1.54) is 0 Å². The van der Waals surface area contributed by atoms with E-state index < -0.39 is 0 Å². The Kier molecular flexibility index (Phi) is 4.43. The van der Waals surface area contributed by atoms with E-state index in [0.717, 1.165) is 11.3 Å². The third-order valence-electron chi connectivity index (χ3n) is 2.07. The molecule has 0 radical (unpaired) electrons. The van der Waals surface area contributed by atoms with E-state index >= 15 is 0 Å². The molecule has 0 amide bonds. The monoisotopic (exact) mass is 195 g/mol. The SMILES string of the molecule is CCOC(CN)c1ccc(OC)cc1. The fourth-order valence-corrected chi connectivity index (χ4v) is 1.32. The van der Waals surface area contributed by atoms with Gasteiger partial charge in [-0.3, -0.25) is 0 Å². The summed E-state index contributed by atoms with van der Waals surface area (Å²) in [6, 6.07) is 7.78. The molecule has 1 aromatic rings. The zero-order valence-corrected chi connectivity index (χ0v) is 8.69. The summed E-state index contributed by atoms with van der Waals surface area (Å²) in [4.78, 5) is 0. The van der Waals surface area contributed by atoms with Crippen molar-refractivity contribution < 1.29 is 9.47 Å². The van der Waals surface area contributed by atoms with Crippen molar-refractivity contribution in [3.05, 3.63) is 29.8 Å². The van der Waals surface area contributed by atoms with Crippen molar-refractivity contribution in [3.8, 4) is 5.75 Å². The number of ether oxygens (including phenoxy) is 2. The molecule has 0 aliphatic rings. The van der Waals surface area contributed by atoms with Gasteiger partial charge in [-0.25, -0.2) is 0 Å². The second-order valence-corrected chi connectivity index (χ2v) is 2.95. The summed E-state index contributed by atoms with van der Waals surface area (Å²) in [6.07, 6.45) is -0.00842. The molecule has 14 heavy (non-hydrogen) atoms. The minimum Gasteiger partial charge on any atom is -0.497 e. The fraction of sp³-hybridized carbons (Fsp3) is 0.455. The number of hydrogen-bond donors (Lipinski definition) is 1. The van der Waals surface area contributed by atoms with Crippen molar-refractivity contribution in [2.45, 2.75) is 13.0 Å². The van der Waals surface area contributed by atoms with Crippen LogP contribution >= 0.6 is 0 Å². The third kappa shape index (κ3) is 2.72. The Morgan fingerprint density at radius 3 is 2.36 bits per heavy atom. The first kappa shape index (κ1) is 11.0. The van der Waals surface area contributed by atoms with Crippen LogP contribution in [0.1, 0.15) is 18.6 Å². The van der Waals surface area contributed by atoms with E-state index in [-0.39, 0.29) is 6.10 Å². The number of methoxy groups -OCH3 is 1. The minimum atomic E-state index is -0.00842. The first-order valence-electron chi connectivity index (χ1n) is 4.77. The predicted octanol–water partition coefficient (Wildman–Crippen LogP) is 1.73. The molecule has 0 saturated heterocycles. The van der Waals surface area contributed by atoms with Gasteiger partial charge < -0.3 is 15.2 Å². The predicted molar refractivity (Wildman–Crippen MR) is 56.4 cm³/mol. The van der Waals surface area contributed by atoms with Crippen LogP contribution in [0.3, 0.4) is 0 Å². The molecule has 1 atom stereocenters. The highest BCUT2D eigenvalue weighted by Gasteiger charge is 2.08. The molecule has 1 rings (SSSR count). The van der Waals surface area contributed by atoms with Crippen LogP contribution in [0.2, 0.25) is 0 Å². The lowest BCUT2D eigenvalue weighted by molar-refractivity contribution is 0.0688. The molecule has 0 bridgehead atoms. The quantitative estimate of drug-likeness (QED) is 0.778. The van der Waals surface area contributed by atoms with Crippen LogP contribution in [-0.4, -0.2) is 20.3 Å². The van der Waals surface area contributed by atoms with Gasteiger partial charge in [0.25, 0.3) is 0 Å². The molecule has 3 heteroatoms. The van der Waals surface area contributed by atoms with Crippen LogP contribution in [0, 0.1) is 0 Å². The zero-order valence-electron chi connectivity index (χ0n) is 8.69. The standard InChI is InChI=1S/C11H17NO2/c1-3-14-11(8-12)9-4-6-10(13-2)7-5-9/h4-7,11H,3,8,12H2,1-2H3. The maximum absolute atomic E-state index is 5.61. The first-order chi connectivity index (χ1) is 6.81. The molecule has 1 aromatic carbocycles. The maximum Gasteiger partial charge on any atom is 0.118 e. The number of benzene rings is 1. The lowest BCUT2D eigenvalue weighted by Crippen LogP contribution is -2.15. The van der Waals surface area contributed by atoms with Gasteiger partial charge >= 0.3 is 0 Å². The normalized spacial score (nSPS) is 12.5. The van der Waals surface area contributed by atoms with Crippen molar-refractivity contribution in [2.24, 2.45) is 5.73 Å². The van der Waals surface area contributed by atoms with E-state index in [1.807, 2.05) is 31.2 Å². The number of hydrogen-bond acceptors (Lipinski definition) is 3. The molecule has 0 heterocycles. The molecule has 0 saturated carbocycles. The average Bonchev–Trinajstić information content (AvgIpc) is 2.26. The molecule has 0 spiro atoms. The largest absolute Gasteiger partial charge is 0.497 e. The Morgan fingerprint density at radius 2 is 1.93 bits per heavy atom. The second kappa shape index (κ2) is 5.62. The van der Waals surface area contributed by atoms with Crippen LogP contribution in [0.5, 0.6) is 5.75 Å². The van der Waals surface area contributed by atoms with Crippen LogP contribution in [0.15, 0.2) is 24.3 Å². The minimum absolute atomic E-state index is 0.00842. The molecule has 0 fully saturated rings. The van der Waals surface area contributed by atoms with E-state index in [1.54, 1.807) is 7.11 Å². The highest BCUT2D eigenvalue weighted by molar-refractivity contribution is 5.28. The molecule has 0 aliphatic carbocycles. The summed E-state index contributed by atoms with van der Waals surface area (Å²) >= 11 is 0. The summed E-state index contributed by atoms with van der Waals surface area (Å²) in [5.41, 5.74) is 6.70. The molecule has 0 aromatic heterocycles. The molecular formula is C11H17NO2. The fourth-order valence-electron chi connectivity index (χ4n) is 1.32. The Bertz CT molecular complexity index is 258. The van der Waals surface area contributed by atoms with Crippen molar-refractivity contribution in [1.82, 2.24) is 0 Å². The van der Waals surface area contributed by atoms with E-state index in [4.69, 9.17) is 15.2 Å². The van der Waals surface area contributed by atoms with E-state index in [2.05, 4.69) is 0 Å². The van der Waals surface area contributed by atoms with Crippen LogP contribution in [0.4, 0.5) is 0 Å². The van der Waals surface area contributed by atoms with E-state index in [9.17, 15) is 0 Å². The van der Waals surface area contributed by atoms with Gasteiger partial charge in [-0.1, -0.05) is 12.1 Å². The molecule has 3 nitrogen and oxygen atoms in total. The van der Waals surface area contributed by atoms with Gasteiger partial charge in [0.1, 0.15) is 5.75 Å². The lowest BCUT2D eigenvalue weighted by Gasteiger charge is -2.15. The highest BCUT2D eigenvalue weighted by atomic mass is 16.5. The topological polar surface area (TPSA) is 44.5 Å². The molecular weight excluding hydrogens is 178 g/mol. The molecule has 78 valence electrons. The Balaban J connectivity index is 2.73. The van der Waals surface area contributed by atoms with Gasteiger partial charge in [0.15, 0.2) is 0 Å². The highest BCUT2D eigenvalue weighted by Crippen LogP contribution is 2.19. The van der Waals surface area contributed by atoms with Crippen molar-refractivity contribution in [2.75, 3.05) is 20.3 Å². The Morgan fingerprint density at radius 1 is 1.29 bits per heavy atom. The summed E-state index contributed by atoms with van der Waals surface area (Å²) in [5.74, 6) is 0.848. The molecule has 1 unspecified atom stereocenters. The number of nitrogens with two attached hydrogens (primary N) is 1. The average molecular weight is 195 g/mol.